The van der Waals surface area contributed by atoms with Crippen LogP contribution in [0.5, 0.6) is 0 Å². The molecule has 6 heteroatoms. The normalized spacial score (nSPS) is 20.1. The van der Waals surface area contributed by atoms with Crippen molar-refractivity contribution in [2.45, 2.75) is 25.8 Å². The minimum atomic E-state index is -0.241. The van der Waals surface area contributed by atoms with E-state index in [9.17, 15) is 4.79 Å². The van der Waals surface area contributed by atoms with Gasteiger partial charge in [-0.25, -0.2) is 4.98 Å². The second kappa shape index (κ2) is 4.20. The Labute approximate surface area is 109 Å². The summed E-state index contributed by atoms with van der Waals surface area (Å²) in [6.07, 6.45) is 3.52. The van der Waals surface area contributed by atoms with Crippen molar-refractivity contribution in [1.82, 2.24) is 19.9 Å². The number of piperidine rings is 1. The van der Waals surface area contributed by atoms with Crippen LogP contribution in [0.1, 0.15) is 24.4 Å². The standard InChI is InChI=1S/C12H14N4OS/c1-7-4-6-13-10-9(7)15-12(18)16(10)8-3-2-5-14-11(8)17/h4,6,8H,2-3,5H2,1H3,(H,14,17)(H,15,18). The first-order valence-corrected chi connectivity index (χ1v) is 6.43. The van der Waals surface area contributed by atoms with E-state index in [4.69, 9.17) is 12.2 Å². The fourth-order valence-corrected chi connectivity index (χ4v) is 2.75. The van der Waals surface area contributed by atoms with Crippen molar-refractivity contribution in [3.05, 3.63) is 22.6 Å². The lowest BCUT2D eigenvalue weighted by atomic mass is 10.1. The molecule has 1 unspecified atom stereocenters. The van der Waals surface area contributed by atoms with Gasteiger partial charge in [-0.15, -0.1) is 0 Å². The maximum atomic E-state index is 12.0. The van der Waals surface area contributed by atoms with Gasteiger partial charge in [-0.05, 0) is 43.6 Å². The van der Waals surface area contributed by atoms with Crippen LogP contribution in [0.15, 0.2) is 12.3 Å². The van der Waals surface area contributed by atoms with Gasteiger partial charge in [0.1, 0.15) is 6.04 Å². The number of amides is 1. The van der Waals surface area contributed by atoms with Crippen LogP contribution >= 0.6 is 12.2 Å². The Hall–Kier alpha value is -1.69. The maximum absolute atomic E-state index is 12.0. The van der Waals surface area contributed by atoms with E-state index in [-0.39, 0.29) is 11.9 Å². The Morgan fingerprint density at radius 2 is 2.39 bits per heavy atom. The van der Waals surface area contributed by atoms with Gasteiger partial charge in [0, 0.05) is 12.7 Å². The number of aromatic amines is 1. The molecule has 0 bridgehead atoms. The zero-order valence-electron chi connectivity index (χ0n) is 10.1. The Morgan fingerprint density at radius 3 is 3.17 bits per heavy atom. The van der Waals surface area contributed by atoms with Crippen molar-refractivity contribution < 1.29 is 4.79 Å². The first kappa shape index (κ1) is 11.4. The van der Waals surface area contributed by atoms with E-state index in [2.05, 4.69) is 15.3 Å². The first-order chi connectivity index (χ1) is 8.68. The largest absolute Gasteiger partial charge is 0.354 e. The number of nitrogens with zero attached hydrogens (tertiary/aromatic N) is 2. The average Bonchev–Trinajstić information content (AvgIpc) is 2.68. The number of carbonyl (C=O) groups excluding carboxylic acids is 1. The van der Waals surface area contributed by atoms with Crippen LogP contribution in [0.4, 0.5) is 0 Å². The Balaban J connectivity index is 2.22. The van der Waals surface area contributed by atoms with Gasteiger partial charge < -0.3 is 10.3 Å². The highest BCUT2D eigenvalue weighted by molar-refractivity contribution is 7.71. The molecule has 0 aliphatic carbocycles. The van der Waals surface area contributed by atoms with Crippen molar-refractivity contribution in [2.75, 3.05) is 6.54 Å². The predicted molar refractivity (Wildman–Crippen MR) is 70.9 cm³/mol. The van der Waals surface area contributed by atoms with E-state index in [1.165, 1.54) is 0 Å². The fourth-order valence-electron chi connectivity index (χ4n) is 2.44. The van der Waals surface area contributed by atoms with Crippen LogP contribution in [0, 0.1) is 11.7 Å². The monoisotopic (exact) mass is 262 g/mol. The number of H-pyrrole nitrogens is 1. The molecule has 0 saturated carbocycles. The van der Waals surface area contributed by atoms with Crippen molar-refractivity contribution >= 4 is 29.3 Å². The minimum Gasteiger partial charge on any atom is -0.354 e. The molecule has 1 fully saturated rings. The lowest BCUT2D eigenvalue weighted by Gasteiger charge is -2.23. The van der Waals surface area contributed by atoms with Crippen LogP contribution in [-0.4, -0.2) is 27.0 Å². The summed E-state index contributed by atoms with van der Waals surface area (Å²) in [5.41, 5.74) is 2.77. The molecule has 3 rings (SSSR count). The predicted octanol–water partition coefficient (Wildman–Crippen LogP) is 1.85. The molecule has 5 nitrogen and oxygen atoms in total. The quantitative estimate of drug-likeness (QED) is 0.771. The zero-order valence-corrected chi connectivity index (χ0v) is 10.9. The number of fused-ring (bicyclic) bond motifs is 1. The second-order valence-corrected chi connectivity index (χ2v) is 4.96. The van der Waals surface area contributed by atoms with Gasteiger partial charge in [-0.3, -0.25) is 9.36 Å². The van der Waals surface area contributed by atoms with Crippen LogP contribution in [0.3, 0.4) is 0 Å². The number of pyridine rings is 1. The van der Waals surface area contributed by atoms with Gasteiger partial charge in [-0.1, -0.05) is 0 Å². The van der Waals surface area contributed by atoms with Gasteiger partial charge in [0.05, 0.1) is 5.52 Å². The SMILES string of the molecule is Cc1ccnc2c1[nH]c(=S)n2C1CCCNC1=O. The van der Waals surface area contributed by atoms with E-state index in [0.29, 0.717) is 4.77 Å². The topological polar surface area (TPSA) is 62.7 Å². The smallest absolute Gasteiger partial charge is 0.243 e. The number of nitrogens with one attached hydrogen (secondary N) is 2. The molecule has 0 radical (unpaired) electrons. The molecule has 1 atom stereocenters. The summed E-state index contributed by atoms with van der Waals surface area (Å²) in [5.74, 6) is 0.0292. The number of aryl methyl sites for hydroxylation is 1. The van der Waals surface area contributed by atoms with Crippen LogP contribution < -0.4 is 5.32 Å². The zero-order chi connectivity index (χ0) is 12.7. The molecule has 2 aromatic rings. The van der Waals surface area contributed by atoms with Gasteiger partial charge in [0.25, 0.3) is 0 Å². The third-order valence-corrected chi connectivity index (χ3v) is 3.68. The number of imidazole rings is 1. The van der Waals surface area contributed by atoms with Gasteiger partial charge >= 0.3 is 0 Å². The minimum absolute atomic E-state index is 0.0292. The van der Waals surface area contributed by atoms with Crippen molar-refractivity contribution in [3.63, 3.8) is 0 Å². The molecule has 2 aromatic heterocycles. The maximum Gasteiger partial charge on any atom is 0.243 e. The summed E-state index contributed by atoms with van der Waals surface area (Å²) in [4.78, 5) is 19.5. The molecular weight excluding hydrogens is 248 g/mol. The lowest BCUT2D eigenvalue weighted by Crippen LogP contribution is -2.38. The van der Waals surface area contributed by atoms with Crippen molar-refractivity contribution in [2.24, 2.45) is 0 Å². The third-order valence-electron chi connectivity index (χ3n) is 3.39. The summed E-state index contributed by atoms with van der Waals surface area (Å²) in [5, 5.41) is 2.88. The second-order valence-electron chi connectivity index (χ2n) is 4.58. The van der Waals surface area contributed by atoms with Crippen molar-refractivity contribution in [3.8, 4) is 0 Å². The fraction of sp³-hybridized carbons (Fsp3) is 0.417. The molecule has 1 saturated heterocycles. The van der Waals surface area contributed by atoms with E-state index < -0.39 is 0 Å². The molecule has 18 heavy (non-hydrogen) atoms. The average molecular weight is 262 g/mol. The van der Waals surface area contributed by atoms with E-state index in [1.54, 1.807) is 6.20 Å². The molecular formula is C12H14N4OS. The van der Waals surface area contributed by atoms with Crippen LogP contribution in [0.2, 0.25) is 0 Å². The number of rotatable bonds is 1. The Morgan fingerprint density at radius 1 is 1.56 bits per heavy atom. The summed E-state index contributed by atoms with van der Waals surface area (Å²) < 4.78 is 2.40. The summed E-state index contributed by atoms with van der Waals surface area (Å²) in [6, 6.07) is 1.69. The van der Waals surface area contributed by atoms with E-state index in [0.717, 1.165) is 36.1 Å². The Bertz CT molecular complexity index is 672. The lowest BCUT2D eigenvalue weighted by molar-refractivity contribution is -0.125. The number of hydrogen-bond donors (Lipinski definition) is 2. The molecule has 0 spiro atoms. The number of aromatic nitrogens is 3. The van der Waals surface area contributed by atoms with Gasteiger partial charge in [0.15, 0.2) is 10.4 Å². The van der Waals surface area contributed by atoms with Crippen molar-refractivity contribution in [1.29, 1.82) is 0 Å². The molecule has 3 heterocycles. The highest BCUT2D eigenvalue weighted by Gasteiger charge is 2.26. The first-order valence-electron chi connectivity index (χ1n) is 6.02. The van der Waals surface area contributed by atoms with Gasteiger partial charge in [0.2, 0.25) is 5.91 Å². The van der Waals surface area contributed by atoms with Crippen LogP contribution in [-0.2, 0) is 4.79 Å². The summed E-state index contributed by atoms with van der Waals surface area (Å²) in [7, 11) is 0. The summed E-state index contributed by atoms with van der Waals surface area (Å²) >= 11 is 5.33. The van der Waals surface area contributed by atoms with E-state index in [1.807, 2.05) is 17.6 Å². The van der Waals surface area contributed by atoms with E-state index >= 15 is 0 Å². The Kier molecular flexibility index (Phi) is 2.66. The van der Waals surface area contributed by atoms with Gasteiger partial charge in [-0.2, -0.15) is 0 Å². The molecule has 1 aliphatic heterocycles. The molecule has 1 amide bonds. The molecule has 0 aromatic carbocycles. The molecule has 94 valence electrons. The number of hydrogen-bond acceptors (Lipinski definition) is 3. The molecule has 2 N–H and O–H groups in total. The van der Waals surface area contributed by atoms with Crippen LogP contribution in [0.25, 0.3) is 11.2 Å². The highest BCUT2D eigenvalue weighted by Crippen LogP contribution is 2.24. The summed E-state index contributed by atoms with van der Waals surface area (Å²) in [6.45, 7) is 2.75. The third kappa shape index (κ3) is 1.64. The molecule has 1 aliphatic rings. The highest BCUT2D eigenvalue weighted by atomic mass is 32.1. The number of carbonyl (C=O) groups is 1.